The number of nitrogens with zero attached hydrogens (tertiary/aromatic N) is 3. The second-order valence-corrected chi connectivity index (χ2v) is 5.82. The summed E-state index contributed by atoms with van der Waals surface area (Å²) in [5, 5.41) is 1.17. The molecule has 1 aromatic carbocycles. The Labute approximate surface area is 132 Å². The molecule has 0 atom stereocenters. The third-order valence-electron chi connectivity index (χ3n) is 3.34. The number of fused-ring (bicyclic) bond motifs is 1. The third-order valence-corrected chi connectivity index (χ3v) is 3.90. The smallest absolute Gasteiger partial charge is 0.139 e. The number of nitrogens with two attached hydrogens (primary N) is 1. The Hall–Kier alpha value is -1.91. The Morgan fingerprint density at radius 3 is 2.62 bits per heavy atom. The summed E-state index contributed by atoms with van der Waals surface area (Å²) >= 11 is 12.3. The highest BCUT2D eigenvalue weighted by Crippen LogP contribution is 2.34. The quantitative estimate of drug-likeness (QED) is 0.777. The zero-order chi connectivity index (χ0) is 15.1. The monoisotopic (exact) mass is 320 g/mol. The van der Waals surface area contributed by atoms with Gasteiger partial charge in [-0.05, 0) is 30.3 Å². The molecule has 2 N–H and O–H groups in total. The molecule has 0 saturated heterocycles. The van der Waals surface area contributed by atoms with Gasteiger partial charge in [-0.25, -0.2) is 4.98 Å². The number of halogens is 2. The molecule has 21 heavy (non-hydrogen) atoms. The molecule has 2 aromatic heterocycles. The second-order valence-electron chi connectivity index (χ2n) is 4.98. The van der Waals surface area contributed by atoms with Gasteiger partial charge in [0.05, 0.1) is 10.7 Å². The minimum Gasteiger partial charge on any atom is -0.383 e. The standard InChI is InChI=1S/C15H14Cl2N4/c1-20(2)10-4-6-13-19-14(15(18)21(13)8-10)11-7-9(16)3-5-12(11)17/h3-8H,18H2,1-2H3. The van der Waals surface area contributed by atoms with Crippen LogP contribution in [0.2, 0.25) is 10.0 Å². The fourth-order valence-electron chi connectivity index (χ4n) is 2.19. The summed E-state index contributed by atoms with van der Waals surface area (Å²) in [5.41, 5.74) is 9.41. The fraction of sp³-hybridized carbons (Fsp3) is 0.133. The molecular weight excluding hydrogens is 307 g/mol. The van der Waals surface area contributed by atoms with Gasteiger partial charge in [0.2, 0.25) is 0 Å². The molecule has 0 radical (unpaired) electrons. The molecule has 108 valence electrons. The van der Waals surface area contributed by atoms with Crippen LogP contribution in [0.5, 0.6) is 0 Å². The Kier molecular flexibility index (Phi) is 3.43. The van der Waals surface area contributed by atoms with Crippen molar-refractivity contribution in [1.29, 1.82) is 0 Å². The van der Waals surface area contributed by atoms with E-state index in [9.17, 15) is 0 Å². The van der Waals surface area contributed by atoms with Crippen LogP contribution in [0.25, 0.3) is 16.9 Å². The van der Waals surface area contributed by atoms with Gasteiger partial charge in [0.25, 0.3) is 0 Å². The summed E-state index contributed by atoms with van der Waals surface area (Å²) in [6.45, 7) is 0. The SMILES string of the molecule is CN(C)c1ccc2nc(-c3cc(Cl)ccc3Cl)c(N)n2c1. The van der Waals surface area contributed by atoms with Crippen LogP contribution >= 0.6 is 23.2 Å². The minimum atomic E-state index is 0.540. The van der Waals surface area contributed by atoms with Gasteiger partial charge in [-0.2, -0.15) is 0 Å². The van der Waals surface area contributed by atoms with Crippen LogP contribution in [0.1, 0.15) is 0 Å². The molecule has 0 saturated carbocycles. The minimum absolute atomic E-state index is 0.540. The molecule has 0 spiro atoms. The van der Waals surface area contributed by atoms with Crippen molar-refractivity contribution in [3.8, 4) is 11.3 Å². The first-order valence-electron chi connectivity index (χ1n) is 6.37. The number of anilines is 2. The number of hydrogen-bond acceptors (Lipinski definition) is 3. The van der Waals surface area contributed by atoms with E-state index in [1.54, 1.807) is 18.2 Å². The number of nitrogen functional groups attached to an aromatic ring is 1. The van der Waals surface area contributed by atoms with Crippen LogP contribution in [-0.2, 0) is 0 Å². The Morgan fingerprint density at radius 1 is 1.14 bits per heavy atom. The van der Waals surface area contributed by atoms with Gasteiger partial charge in [-0.1, -0.05) is 23.2 Å². The Bertz CT molecular complexity index is 824. The summed E-state index contributed by atoms with van der Waals surface area (Å²) < 4.78 is 1.85. The van der Waals surface area contributed by atoms with Crippen molar-refractivity contribution >= 4 is 40.4 Å². The molecule has 0 aliphatic heterocycles. The predicted octanol–water partition coefficient (Wildman–Crippen LogP) is 3.96. The zero-order valence-corrected chi connectivity index (χ0v) is 13.2. The summed E-state index contributed by atoms with van der Waals surface area (Å²) in [6.07, 6.45) is 1.94. The first kappa shape index (κ1) is 14.0. The highest BCUT2D eigenvalue weighted by Gasteiger charge is 2.15. The summed E-state index contributed by atoms with van der Waals surface area (Å²) in [5.74, 6) is 0.540. The van der Waals surface area contributed by atoms with Gasteiger partial charge in [0.15, 0.2) is 0 Å². The van der Waals surface area contributed by atoms with Gasteiger partial charge in [-0.15, -0.1) is 0 Å². The van der Waals surface area contributed by atoms with E-state index in [-0.39, 0.29) is 0 Å². The molecule has 0 aliphatic rings. The maximum atomic E-state index is 6.24. The molecule has 0 bridgehead atoms. The van der Waals surface area contributed by atoms with Crippen LogP contribution in [0.4, 0.5) is 11.5 Å². The first-order valence-corrected chi connectivity index (χ1v) is 7.13. The molecule has 4 nitrogen and oxygen atoms in total. The van der Waals surface area contributed by atoms with E-state index in [1.165, 1.54) is 0 Å². The number of pyridine rings is 1. The summed E-state index contributed by atoms with van der Waals surface area (Å²) in [4.78, 5) is 6.57. The summed E-state index contributed by atoms with van der Waals surface area (Å²) in [6, 6.07) is 9.17. The average molecular weight is 321 g/mol. The molecule has 0 amide bonds. The Morgan fingerprint density at radius 2 is 1.90 bits per heavy atom. The largest absolute Gasteiger partial charge is 0.383 e. The van der Waals surface area contributed by atoms with Crippen molar-refractivity contribution < 1.29 is 0 Å². The lowest BCUT2D eigenvalue weighted by atomic mass is 10.1. The number of benzene rings is 1. The van der Waals surface area contributed by atoms with Crippen molar-refractivity contribution in [3.05, 3.63) is 46.6 Å². The van der Waals surface area contributed by atoms with Gasteiger partial charge in [0, 0.05) is 30.9 Å². The van der Waals surface area contributed by atoms with Gasteiger partial charge >= 0.3 is 0 Å². The molecule has 0 aliphatic carbocycles. The van der Waals surface area contributed by atoms with Gasteiger partial charge in [0.1, 0.15) is 17.2 Å². The van der Waals surface area contributed by atoms with Crippen molar-refractivity contribution in [1.82, 2.24) is 9.38 Å². The molecule has 6 heteroatoms. The lowest BCUT2D eigenvalue weighted by Gasteiger charge is -2.12. The van der Waals surface area contributed by atoms with Crippen molar-refractivity contribution in [2.45, 2.75) is 0 Å². The highest BCUT2D eigenvalue weighted by atomic mass is 35.5. The van der Waals surface area contributed by atoms with E-state index in [0.717, 1.165) is 16.9 Å². The lowest BCUT2D eigenvalue weighted by Crippen LogP contribution is -2.09. The van der Waals surface area contributed by atoms with E-state index in [2.05, 4.69) is 4.98 Å². The molecule has 0 unspecified atom stereocenters. The van der Waals surface area contributed by atoms with E-state index < -0.39 is 0 Å². The topological polar surface area (TPSA) is 46.6 Å². The maximum Gasteiger partial charge on any atom is 0.139 e. The average Bonchev–Trinajstić information content (AvgIpc) is 2.78. The molecule has 0 fully saturated rings. The number of imidazole rings is 1. The van der Waals surface area contributed by atoms with Crippen LogP contribution in [0, 0.1) is 0 Å². The van der Waals surface area contributed by atoms with E-state index in [0.29, 0.717) is 21.6 Å². The second kappa shape index (κ2) is 5.13. The first-order chi connectivity index (χ1) is 9.97. The number of rotatable bonds is 2. The third kappa shape index (κ3) is 2.41. The van der Waals surface area contributed by atoms with Crippen LogP contribution in [0.15, 0.2) is 36.5 Å². The fourth-order valence-corrected chi connectivity index (χ4v) is 2.57. The van der Waals surface area contributed by atoms with Gasteiger partial charge < -0.3 is 10.6 Å². The van der Waals surface area contributed by atoms with E-state index in [1.807, 2.05) is 41.7 Å². The number of aromatic nitrogens is 2. The Balaban J connectivity index is 2.24. The van der Waals surface area contributed by atoms with Crippen LogP contribution in [-0.4, -0.2) is 23.5 Å². The van der Waals surface area contributed by atoms with Crippen LogP contribution < -0.4 is 10.6 Å². The molecule has 2 heterocycles. The van der Waals surface area contributed by atoms with Crippen LogP contribution in [0.3, 0.4) is 0 Å². The van der Waals surface area contributed by atoms with Crippen molar-refractivity contribution in [2.24, 2.45) is 0 Å². The van der Waals surface area contributed by atoms with Crippen molar-refractivity contribution in [3.63, 3.8) is 0 Å². The summed E-state index contributed by atoms with van der Waals surface area (Å²) in [7, 11) is 3.95. The lowest BCUT2D eigenvalue weighted by molar-refractivity contribution is 1.09. The highest BCUT2D eigenvalue weighted by molar-refractivity contribution is 6.35. The van der Waals surface area contributed by atoms with E-state index >= 15 is 0 Å². The van der Waals surface area contributed by atoms with Gasteiger partial charge in [-0.3, -0.25) is 4.40 Å². The zero-order valence-electron chi connectivity index (χ0n) is 11.6. The predicted molar refractivity (Wildman–Crippen MR) is 89.4 cm³/mol. The number of hydrogen-bond donors (Lipinski definition) is 1. The van der Waals surface area contributed by atoms with Crippen molar-refractivity contribution in [2.75, 3.05) is 24.7 Å². The molecular formula is C15H14Cl2N4. The molecule has 3 rings (SSSR count). The molecule has 3 aromatic rings. The maximum absolute atomic E-state index is 6.24. The normalized spacial score (nSPS) is 11.0. The van der Waals surface area contributed by atoms with E-state index in [4.69, 9.17) is 28.9 Å².